The number of anilines is 1. The number of nitrogens with zero attached hydrogens (tertiary/aromatic N) is 2. The molecule has 106 valence electrons. The standard InChI is InChI=1S/C16H20BrN3/c17-14-8-13(11-18)9-15(10-14)20-7-6-19-12-16(20)4-2-1-3-5-16/h8-10,19H,1-7,12H2. The van der Waals surface area contributed by atoms with Gasteiger partial charge in [-0.1, -0.05) is 35.2 Å². The van der Waals surface area contributed by atoms with Crippen LogP contribution in [0.3, 0.4) is 0 Å². The Bertz CT molecular complexity index is 521. The molecule has 1 aromatic rings. The van der Waals surface area contributed by atoms with Crippen LogP contribution in [0.15, 0.2) is 22.7 Å². The van der Waals surface area contributed by atoms with Gasteiger partial charge in [0.1, 0.15) is 0 Å². The molecular weight excluding hydrogens is 314 g/mol. The van der Waals surface area contributed by atoms with E-state index in [4.69, 9.17) is 0 Å². The SMILES string of the molecule is N#Cc1cc(Br)cc(N2CCNCC23CCCCC3)c1. The maximum Gasteiger partial charge on any atom is 0.0992 e. The number of hydrogen-bond acceptors (Lipinski definition) is 3. The Morgan fingerprint density at radius 1 is 1.20 bits per heavy atom. The molecule has 0 amide bonds. The van der Waals surface area contributed by atoms with Crippen molar-refractivity contribution < 1.29 is 0 Å². The van der Waals surface area contributed by atoms with Crippen LogP contribution in [-0.4, -0.2) is 25.2 Å². The number of nitriles is 1. The minimum Gasteiger partial charge on any atom is -0.363 e. The van der Waals surface area contributed by atoms with Crippen LogP contribution in [-0.2, 0) is 0 Å². The molecule has 3 rings (SSSR count). The van der Waals surface area contributed by atoms with Gasteiger partial charge in [-0.15, -0.1) is 0 Å². The lowest BCUT2D eigenvalue weighted by atomic mass is 9.78. The Labute approximate surface area is 129 Å². The van der Waals surface area contributed by atoms with Crippen LogP contribution in [0.5, 0.6) is 0 Å². The third-order valence-electron chi connectivity index (χ3n) is 4.65. The highest BCUT2D eigenvalue weighted by Crippen LogP contribution is 2.38. The predicted octanol–water partition coefficient (Wildman–Crippen LogP) is 3.43. The Morgan fingerprint density at radius 2 is 2.00 bits per heavy atom. The van der Waals surface area contributed by atoms with Crippen LogP contribution in [0.1, 0.15) is 37.7 Å². The van der Waals surface area contributed by atoms with E-state index < -0.39 is 0 Å². The van der Waals surface area contributed by atoms with Crippen molar-refractivity contribution in [3.63, 3.8) is 0 Å². The zero-order chi connectivity index (χ0) is 14.0. The number of nitrogens with one attached hydrogen (secondary N) is 1. The molecule has 0 aromatic heterocycles. The van der Waals surface area contributed by atoms with Crippen molar-refractivity contribution in [1.82, 2.24) is 5.32 Å². The van der Waals surface area contributed by atoms with Gasteiger partial charge in [0.25, 0.3) is 0 Å². The van der Waals surface area contributed by atoms with Crippen molar-refractivity contribution in [3.05, 3.63) is 28.2 Å². The number of piperazine rings is 1. The first kappa shape index (κ1) is 13.9. The van der Waals surface area contributed by atoms with E-state index in [1.54, 1.807) is 0 Å². The maximum atomic E-state index is 9.18. The fraction of sp³-hybridized carbons (Fsp3) is 0.562. The lowest BCUT2D eigenvalue weighted by Gasteiger charge is -2.51. The first-order chi connectivity index (χ1) is 9.73. The Morgan fingerprint density at radius 3 is 2.75 bits per heavy atom. The summed E-state index contributed by atoms with van der Waals surface area (Å²) >= 11 is 3.54. The van der Waals surface area contributed by atoms with Gasteiger partial charge >= 0.3 is 0 Å². The molecule has 1 saturated heterocycles. The summed E-state index contributed by atoms with van der Waals surface area (Å²) < 4.78 is 0.996. The second kappa shape index (κ2) is 5.75. The van der Waals surface area contributed by atoms with Crippen molar-refractivity contribution in [2.24, 2.45) is 0 Å². The highest BCUT2D eigenvalue weighted by atomic mass is 79.9. The molecule has 1 N–H and O–H groups in total. The summed E-state index contributed by atoms with van der Waals surface area (Å²) in [5.74, 6) is 0. The fourth-order valence-corrected chi connectivity index (χ4v) is 4.18. The van der Waals surface area contributed by atoms with E-state index in [1.165, 1.54) is 37.8 Å². The zero-order valence-electron chi connectivity index (χ0n) is 11.7. The molecule has 0 unspecified atom stereocenters. The summed E-state index contributed by atoms with van der Waals surface area (Å²) in [5.41, 5.74) is 2.18. The number of benzene rings is 1. The summed E-state index contributed by atoms with van der Waals surface area (Å²) in [6.07, 6.45) is 6.51. The average Bonchev–Trinajstić information content (AvgIpc) is 2.48. The molecule has 1 saturated carbocycles. The average molecular weight is 334 g/mol. The molecule has 2 aliphatic rings. The maximum absolute atomic E-state index is 9.18. The van der Waals surface area contributed by atoms with E-state index in [2.05, 4.69) is 38.3 Å². The molecule has 1 aliphatic carbocycles. The number of halogens is 1. The molecule has 1 heterocycles. The minimum atomic E-state index is 0.254. The molecule has 1 aliphatic heterocycles. The van der Waals surface area contributed by atoms with E-state index >= 15 is 0 Å². The molecule has 0 radical (unpaired) electrons. The van der Waals surface area contributed by atoms with E-state index in [0.29, 0.717) is 0 Å². The van der Waals surface area contributed by atoms with Gasteiger partial charge in [0.15, 0.2) is 0 Å². The van der Waals surface area contributed by atoms with Gasteiger partial charge in [-0.3, -0.25) is 0 Å². The monoisotopic (exact) mass is 333 g/mol. The predicted molar refractivity (Wildman–Crippen MR) is 84.9 cm³/mol. The van der Waals surface area contributed by atoms with Gasteiger partial charge in [0.05, 0.1) is 17.2 Å². The first-order valence-electron chi connectivity index (χ1n) is 7.43. The lowest BCUT2D eigenvalue weighted by Crippen LogP contribution is -2.62. The second-order valence-electron chi connectivity index (χ2n) is 5.92. The van der Waals surface area contributed by atoms with Crippen LogP contribution in [0, 0.1) is 11.3 Å². The zero-order valence-corrected chi connectivity index (χ0v) is 13.2. The molecule has 3 nitrogen and oxygen atoms in total. The van der Waals surface area contributed by atoms with Crippen molar-refractivity contribution in [3.8, 4) is 6.07 Å². The number of hydrogen-bond donors (Lipinski definition) is 1. The first-order valence-corrected chi connectivity index (χ1v) is 8.22. The quantitative estimate of drug-likeness (QED) is 0.855. The Kier molecular flexibility index (Phi) is 4.00. The second-order valence-corrected chi connectivity index (χ2v) is 6.84. The van der Waals surface area contributed by atoms with Crippen LogP contribution >= 0.6 is 15.9 Å². The lowest BCUT2D eigenvalue weighted by molar-refractivity contribution is 0.241. The van der Waals surface area contributed by atoms with Crippen molar-refractivity contribution in [1.29, 1.82) is 5.26 Å². The van der Waals surface area contributed by atoms with Gasteiger partial charge in [0, 0.05) is 29.8 Å². The van der Waals surface area contributed by atoms with E-state index in [9.17, 15) is 5.26 Å². The van der Waals surface area contributed by atoms with Gasteiger partial charge in [-0.05, 0) is 31.0 Å². The highest BCUT2D eigenvalue weighted by molar-refractivity contribution is 9.10. The molecule has 0 bridgehead atoms. The Hall–Kier alpha value is -1.05. The van der Waals surface area contributed by atoms with Crippen LogP contribution < -0.4 is 10.2 Å². The van der Waals surface area contributed by atoms with E-state index in [1.807, 2.05) is 12.1 Å². The summed E-state index contributed by atoms with van der Waals surface area (Å²) in [6, 6.07) is 8.34. The minimum absolute atomic E-state index is 0.254. The third kappa shape index (κ3) is 2.57. The van der Waals surface area contributed by atoms with Gasteiger partial charge < -0.3 is 10.2 Å². The van der Waals surface area contributed by atoms with Crippen LogP contribution in [0.4, 0.5) is 5.69 Å². The molecular formula is C16H20BrN3. The molecule has 2 fully saturated rings. The molecule has 1 aromatic carbocycles. The van der Waals surface area contributed by atoms with Gasteiger partial charge in [-0.25, -0.2) is 0 Å². The Balaban J connectivity index is 1.97. The largest absolute Gasteiger partial charge is 0.363 e. The molecule has 20 heavy (non-hydrogen) atoms. The summed E-state index contributed by atoms with van der Waals surface area (Å²) in [4.78, 5) is 2.55. The van der Waals surface area contributed by atoms with Crippen molar-refractivity contribution in [2.75, 3.05) is 24.5 Å². The summed E-state index contributed by atoms with van der Waals surface area (Å²) in [7, 11) is 0. The summed E-state index contributed by atoms with van der Waals surface area (Å²) in [6.45, 7) is 3.12. The smallest absolute Gasteiger partial charge is 0.0992 e. The van der Waals surface area contributed by atoms with Crippen LogP contribution in [0.25, 0.3) is 0 Å². The van der Waals surface area contributed by atoms with E-state index in [0.717, 1.165) is 29.7 Å². The molecule has 1 spiro atoms. The van der Waals surface area contributed by atoms with Gasteiger partial charge in [-0.2, -0.15) is 5.26 Å². The van der Waals surface area contributed by atoms with Crippen molar-refractivity contribution in [2.45, 2.75) is 37.6 Å². The number of rotatable bonds is 1. The fourth-order valence-electron chi connectivity index (χ4n) is 3.70. The topological polar surface area (TPSA) is 39.1 Å². The summed E-state index contributed by atoms with van der Waals surface area (Å²) in [5, 5.41) is 12.8. The van der Waals surface area contributed by atoms with Crippen molar-refractivity contribution >= 4 is 21.6 Å². The van der Waals surface area contributed by atoms with E-state index in [-0.39, 0.29) is 5.54 Å². The molecule has 4 heteroatoms. The normalized spacial score (nSPS) is 21.7. The highest BCUT2D eigenvalue weighted by Gasteiger charge is 2.39. The van der Waals surface area contributed by atoms with Crippen LogP contribution in [0.2, 0.25) is 0 Å². The third-order valence-corrected chi connectivity index (χ3v) is 5.10. The van der Waals surface area contributed by atoms with Gasteiger partial charge in [0.2, 0.25) is 0 Å². The molecule has 0 atom stereocenters.